The average Bonchev–Trinajstić information content (AvgIpc) is 3.22. The van der Waals surface area contributed by atoms with Crippen molar-refractivity contribution in [2.75, 3.05) is 19.6 Å². The average molecular weight is 371 g/mol. The summed E-state index contributed by atoms with van der Waals surface area (Å²) in [5.41, 5.74) is 0.853. The second-order valence-electron chi connectivity index (χ2n) is 6.91. The minimum absolute atomic E-state index is 0.124. The van der Waals surface area contributed by atoms with Crippen molar-refractivity contribution < 1.29 is 9.59 Å². The number of nitrogens with zero attached hydrogens (tertiary/aromatic N) is 4. The molecule has 0 aliphatic carbocycles. The van der Waals surface area contributed by atoms with Crippen LogP contribution in [0.1, 0.15) is 28.9 Å². The summed E-state index contributed by atoms with van der Waals surface area (Å²) < 4.78 is 0. The normalized spacial score (nSPS) is 22.4. The molecule has 7 heteroatoms. The van der Waals surface area contributed by atoms with Gasteiger partial charge in [0.15, 0.2) is 0 Å². The third-order valence-corrected chi connectivity index (χ3v) is 5.63. The van der Waals surface area contributed by atoms with Gasteiger partial charge in [-0.25, -0.2) is 0 Å². The molecule has 0 aromatic carbocycles. The Bertz CT molecular complexity index is 844. The summed E-state index contributed by atoms with van der Waals surface area (Å²) in [5, 5.41) is 0.341. The molecule has 0 N–H and O–H groups in total. The number of amides is 2. The molecule has 0 saturated carbocycles. The number of carbonyl (C=O) groups excluding carboxylic acids is 2. The van der Waals surface area contributed by atoms with Gasteiger partial charge in [0.1, 0.15) is 0 Å². The first-order valence-corrected chi connectivity index (χ1v) is 9.05. The number of rotatable bonds is 3. The zero-order valence-electron chi connectivity index (χ0n) is 14.3. The second-order valence-corrected chi connectivity index (χ2v) is 7.32. The monoisotopic (exact) mass is 370 g/mol. The van der Waals surface area contributed by atoms with Gasteiger partial charge in [-0.15, -0.1) is 0 Å². The molecule has 2 amide bonds. The van der Waals surface area contributed by atoms with Gasteiger partial charge in [-0.1, -0.05) is 17.7 Å². The van der Waals surface area contributed by atoms with E-state index in [-0.39, 0.29) is 11.8 Å². The number of hydrogen-bond donors (Lipinski definition) is 0. The van der Waals surface area contributed by atoms with E-state index in [1.54, 1.807) is 23.4 Å². The van der Waals surface area contributed by atoms with E-state index in [0.717, 1.165) is 12.1 Å². The van der Waals surface area contributed by atoms with Crippen LogP contribution < -0.4 is 0 Å². The van der Waals surface area contributed by atoms with Crippen molar-refractivity contribution >= 4 is 23.4 Å². The van der Waals surface area contributed by atoms with Gasteiger partial charge in [-0.3, -0.25) is 19.6 Å². The van der Waals surface area contributed by atoms with Crippen LogP contribution in [0.2, 0.25) is 5.02 Å². The fraction of sp³-hybridized carbons (Fsp3) is 0.368. The molecule has 2 aliphatic rings. The van der Waals surface area contributed by atoms with E-state index in [0.29, 0.717) is 43.2 Å². The second kappa shape index (κ2) is 6.68. The fourth-order valence-corrected chi connectivity index (χ4v) is 4.07. The van der Waals surface area contributed by atoms with Crippen LogP contribution >= 0.6 is 11.6 Å². The SMILES string of the molecule is O=C(c1ccncc1Cl)N1CCC2(CCN(Cc3ccccn3)C2=O)C1. The quantitative estimate of drug-likeness (QED) is 0.832. The van der Waals surface area contributed by atoms with Crippen LogP contribution in [0.15, 0.2) is 42.9 Å². The molecule has 2 saturated heterocycles. The highest BCUT2D eigenvalue weighted by Gasteiger charge is 2.51. The maximum atomic E-state index is 13.0. The smallest absolute Gasteiger partial charge is 0.255 e. The van der Waals surface area contributed by atoms with E-state index >= 15 is 0 Å². The van der Waals surface area contributed by atoms with Crippen molar-refractivity contribution in [3.8, 4) is 0 Å². The molecule has 6 nitrogen and oxygen atoms in total. The maximum Gasteiger partial charge on any atom is 0.255 e. The van der Waals surface area contributed by atoms with Crippen LogP contribution in [0.25, 0.3) is 0 Å². The number of likely N-dealkylation sites (tertiary alicyclic amines) is 2. The third kappa shape index (κ3) is 2.94. The molecule has 0 radical (unpaired) electrons. The Morgan fingerprint density at radius 2 is 2.04 bits per heavy atom. The Balaban J connectivity index is 1.47. The molecule has 2 aliphatic heterocycles. The van der Waals surface area contributed by atoms with E-state index in [1.807, 2.05) is 23.1 Å². The Morgan fingerprint density at radius 1 is 1.19 bits per heavy atom. The number of aromatic nitrogens is 2. The van der Waals surface area contributed by atoms with Crippen LogP contribution in [0, 0.1) is 5.41 Å². The number of halogens is 1. The van der Waals surface area contributed by atoms with Crippen molar-refractivity contribution in [2.24, 2.45) is 5.41 Å². The van der Waals surface area contributed by atoms with Gasteiger partial charge in [0.2, 0.25) is 5.91 Å². The first-order chi connectivity index (χ1) is 12.6. The third-order valence-electron chi connectivity index (χ3n) is 5.32. The van der Waals surface area contributed by atoms with Crippen LogP contribution in [0.5, 0.6) is 0 Å². The van der Waals surface area contributed by atoms with Gasteiger partial charge < -0.3 is 9.80 Å². The van der Waals surface area contributed by atoms with Gasteiger partial charge in [-0.05, 0) is 31.0 Å². The van der Waals surface area contributed by atoms with E-state index in [9.17, 15) is 9.59 Å². The lowest BCUT2D eigenvalue weighted by atomic mass is 9.85. The lowest BCUT2D eigenvalue weighted by Crippen LogP contribution is -2.38. The van der Waals surface area contributed by atoms with Gasteiger partial charge in [0, 0.05) is 38.2 Å². The predicted molar refractivity (Wildman–Crippen MR) is 96.5 cm³/mol. The number of pyridine rings is 2. The van der Waals surface area contributed by atoms with Crippen LogP contribution in [-0.2, 0) is 11.3 Å². The predicted octanol–water partition coefficient (Wildman–Crippen LogP) is 2.39. The molecule has 2 aromatic rings. The van der Waals surface area contributed by atoms with Crippen molar-refractivity contribution in [3.05, 3.63) is 59.1 Å². The molecule has 134 valence electrons. The van der Waals surface area contributed by atoms with Crippen LogP contribution in [0.3, 0.4) is 0 Å². The summed E-state index contributed by atoms with van der Waals surface area (Å²) in [5.74, 6) is -0.00970. The largest absolute Gasteiger partial charge is 0.337 e. The molecule has 26 heavy (non-hydrogen) atoms. The van der Waals surface area contributed by atoms with Crippen LogP contribution in [-0.4, -0.2) is 51.2 Å². The first kappa shape index (κ1) is 17.0. The maximum absolute atomic E-state index is 13.0. The summed E-state index contributed by atoms with van der Waals surface area (Å²) in [6.45, 7) is 2.24. The molecule has 1 unspecified atom stereocenters. The van der Waals surface area contributed by atoms with E-state index in [1.165, 1.54) is 6.20 Å². The fourth-order valence-electron chi connectivity index (χ4n) is 3.87. The topological polar surface area (TPSA) is 66.4 Å². The molecule has 0 bridgehead atoms. The molecular formula is C19H19ClN4O2. The van der Waals surface area contributed by atoms with Crippen LogP contribution in [0.4, 0.5) is 0 Å². The van der Waals surface area contributed by atoms with Crippen molar-refractivity contribution in [1.29, 1.82) is 0 Å². The molecule has 2 fully saturated rings. The molecule has 1 atom stereocenters. The zero-order valence-corrected chi connectivity index (χ0v) is 15.0. The highest BCUT2D eigenvalue weighted by atomic mass is 35.5. The Morgan fingerprint density at radius 3 is 2.81 bits per heavy atom. The van der Waals surface area contributed by atoms with E-state index < -0.39 is 5.41 Å². The van der Waals surface area contributed by atoms with Gasteiger partial charge in [0.25, 0.3) is 5.91 Å². The van der Waals surface area contributed by atoms with Crippen molar-refractivity contribution in [1.82, 2.24) is 19.8 Å². The Hall–Kier alpha value is -2.47. The molecular weight excluding hydrogens is 352 g/mol. The molecule has 1 spiro atoms. The highest BCUT2D eigenvalue weighted by molar-refractivity contribution is 6.33. The summed E-state index contributed by atoms with van der Waals surface area (Å²) >= 11 is 6.10. The van der Waals surface area contributed by atoms with Crippen molar-refractivity contribution in [3.63, 3.8) is 0 Å². The van der Waals surface area contributed by atoms with Crippen molar-refractivity contribution in [2.45, 2.75) is 19.4 Å². The van der Waals surface area contributed by atoms with Gasteiger partial charge in [0.05, 0.1) is 28.2 Å². The summed E-state index contributed by atoms with van der Waals surface area (Å²) in [7, 11) is 0. The number of carbonyl (C=O) groups is 2. The Kier molecular flexibility index (Phi) is 4.36. The Labute approximate surface area is 156 Å². The minimum atomic E-state index is -0.468. The lowest BCUT2D eigenvalue weighted by Gasteiger charge is -2.23. The summed E-state index contributed by atoms with van der Waals surface area (Å²) in [4.78, 5) is 37.6. The van der Waals surface area contributed by atoms with E-state index in [4.69, 9.17) is 11.6 Å². The van der Waals surface area contributed by atoms with E-state index in [2.05, 4.69) is 9.97 Å². The zero-order chi connectivity index (χ0) is 18.1. The molecule has 4 heterocycles. The summed E-state index contributed by atoms with van der Waals surface area (Å²) in [6.07, 6.45) is 6.22. The molecule has 4 rings (SSSR count). The highest BCUT2D eigenvalue weighted by Crippen LogP contribution is 2.41. The lowest BCUT2D eigenvalue weighted by molar-refractivity contribution is -0.135. The van der Waals surface area contributed by atoms with Gasteiger partial charge in [-0.2, -0.15) is 0 Å². The summed E-state index contributed by atoms with van der Waals surface area (Å²) in [6, 6.07) is 7.34. The molecule has 2 aromatic heterocycles. The standard InChI is InChI=1S/C19H19ClN4O2/c20-16-11-21-8-4-15(16)17(25)24-10-6-19(13-24)5-9-23(18(19)26)12-14-3-1-2-7-22-14/h1-4,7-8,11H,5-6,9-10,12-13H2. The van der Waals surface area contributed by atoms with Gasteiger partial charge >= 0.3 is 0 Å². The minimum Gasteiger partial charge on any atom is -0.337 e. The first-order valence-electron chi connectivity index (χ1n) is 8.67. The number of hydrogen-bond acceptors (Lipinski definition) is 4.